The molecule has 0 heterocycles. The first-order valence-electron chi connectivity index (χ1n) is 6.37. The molecule has 0 aliphatic heterocycles. The molecule has 0 saturated heterocycles. The average Bonchev–Trinajstić information content (AvgIpc) is 2.24. The Morgan fingerprint density at radius 2 is 1.56 bits per heavy atom. The molecule has 0 saturated carbocycles. The Balaban J connectivity index is -0.00000128. The number of allylic oxidation sites excluding steroid dienone is 1. The van der Waals surface area contributed by atoms with Crippen LogP contribution in [-0.2, 0) is 14.6 Å². The molecule has 0 aromatic rings. The number of hydrogen-bond donors (Lipinski definition) is 1. The minimum Gasteiger partial charge on any atom is -1.00 e. The molecule has 0 bridgehead atoms. The molecule has 0 aliphatic rings. The van der Waals surface area contributed by atoms with Crippen molar-refractivity contribution in [3.05, 3.63) is 12.3 Å². The summed E-state index contributed by atoms with van der Waals surface area (Å²) >= 11 is 0. The Hall–Kier alpha value is 0.0474. The summed E-state index contributed by atoms with van der Waals surface area (Å²) in [6.45, 7) is 2.21. The number of hydrogen-bond acceptors (Lipinski definition) is 3. The van der Waals surface area contributed by atoms with Crippen LogP contribution in [0.5, 0.6) is 0 Å². The molecule has 0 aromatic heterocycles. The van der Waals surface area contributed by atoms with Gasteiger partial charge in [0.2, 0.25) is 0 Å². The van der Waals surface area contributed by atoms with E-state index in [1.54, 1.807) is 6.08 Å². The zero-order valence-electron chi connectivity index (χ0n) is 12.6. The first kappa shape index (κ1) is 20.4. The van der Waals surface area contributed by atoms with Crippen molar-refractivity contribution in [1.82, 2.24) is 0 Å². The van der Waals surface area contributed by atoms with Gasteiger partial charge in [0, 0.05) is 0 Å². The summed E-state index contributed by atoms with van der Waals surface area (Å²) < 4.78 is 32.7. The van der Waals surface area contributed by atoms with Crippen LogP contribution >= 0.6 is 0 Å². The normalized spacial score (nSPS) is 11.4. The zero-order valence-corrected chi connectivity index (χ0v) is 12.4. The molecule has 0 unspecified atom stereocenters. The van der Waals surface area contributed by atoms with Crippen LogP contribution in [-0.4, -0.2) is 13.0 Å². The fourth-order valence-electron chi connectivity index (χ4n) is 1.57. The second-order valence-corrected chi connectivity index (χ2v) is 5.21. The van der Waals surface area contributed by atoms with Gasteiger partial charge >= 0.3 is 29.3 Å². The summed E-state index contributed by atoms with van der Waals surface area (Å²) in [5, 5.41) is 0. The van der Waals surface area contributed by atoms with Gasteiger partial charge in [-0.2, -0.15) is 8.42 Å². The first-order chi connectivity index (χ1) is 8.06. The van der Waals surface area contributed by atoms with Gasteiger partial charge in [0.05, 0.1) is 0 Å². The van der Waals surface area contributed by atoms with Crippen molar-refractivity contribution in [1.29, 1.82) is 0 Å². The molecule has 18 heavy (non-hydrogen) atoms. The third-order valence-electron chi connectivity index (χ3n) is 2.50. The van der Waals surface area contributed by atoms with Crippen molar-refractivity contribution >= 4 is 10.4 Å². The van der Waals surface area contributed by atoms with Gasteiger partial charge in [-0.05, 0) is 18.9 Å². The smallest absolute Gasteiger partial charge is 1.00 e. The molecule has 0 fully saturated rings. The summed E-state index contributed by atoms with van der Waals surface area (Å²) in [6, 6.07) is 0. The maximum absolute atomic E-state index is 10.2. The monoisotopic (exact) mass is 272 g/mol. The van der Waals surface area contributed by atoms with Crippen molar-refractivity contribution in [3.8, 4) is 0 Å². The van der Waals surface area contributed by atoms with E-state index in [0.717, 1.165) is 25.5 Å². The Kier molecular flexibility index (Phi) is 15.3. The molecule has 0 atom stereocenters. The molecule has 0 aromatic carbocycles. The van der Waals surface area contributed by atoms with E-state index in [1.165, 1.54) is 38.5 Å². The molecule has 0 spiro atoms. The van der Waals surface area contributed by atoms with Gasteiger partial charge < -0.3 is 5.61 Å². The van der Waals surface area contributed by atoms with Crippen molar-refractivity contribution < 1.29 is 37.4 Å². The van der Waals surface area contributed by atoms with Crippen LogP contribution in [0.15, 0.2) is 12.3 Å². The van der Waals surface area contributed by atoms with Crippen LogP contribution in [0.1, 0.15) is 66.1 Å². The molecule has 4 nitrogen and oxygen atoms in total. The molecule has 0 rings (SSSR count). The van der Waals surface area contributed by atoms with Gasteiger partial charge in [-0.1, -0.05) is 51.9 Å². The van der Waals surface area contributed by atoms with Gasteiger partial charge in [0.1, 0.15) is 6.26 Å². The van der Waals surface area contributed by atoms with Gasteiger partial charge in [-0.15, -0.1) is 0 Å². The molecule has 1 N–H and O–H groups in total. The zero-order chi connectivity index (χ0) is 13.0. The Bertz CT molecular complexity index is 294. The molecule has 6 heteroatoms. The summed E-state index contributed by atoms with van der Waals surface area (Å²) in [5.74, 6) is 0. The van der Waals surface area contributed by atoms with E-state index in [0.29, 0.717) is 0 Å². The van der Waals surface area contributed by atoms with Crippen LogP contribution in [0.4, 0.5) is 0 Å². The third kappa shape index (κ3) is 18.4. The van der Waals surface area contributed by atoms with Gasteiger partial charge in [0.15, 0.2) is 0 Å². The van der Waals surface area contributed by atoms with Crippen LogP contribution < -0.4 is 18.9 Å². The number of unbranched alkanes of at least 4 members (excludes halogenated alkanes) is 8. The second kappa shape index (κ2) is 13.5. The minimum atomic E-state index is -4.32. The van der Waals surface area contributed by atoms with E-state index in [2.05, 4.69) is 11.1 Å². The largest absolute Gasteiger partial charge is 1.00 e. The van der Waals surface area contributed by atoms with Crippen molar-refractivity contribution in [3.63, 3.8) is 0 Å². The predicted molar refractivity (Wildman–Crippen MR) is 70.1 cm³/mol. The maximum Gasteiger partial charge on any atom is 1.00 e. The number of rotatable bonds is 11. The topological polar surface area (TPSA) is 63.6 Å². The molecular weight excluding hydrogens is 247 g/mol. The summed E-state index contributed by atoms with van der Waals surface area (Å²) in [4.78, 5) is 0. The van der Waals surface area contributed by atoms with Crippen molar-refractivity contribution in [2.75, 3.05) is 0 Å². The maximum atomic E-state index is 10.2. The van der Waals surface area contributed by atoms with E-state index in [9.17, 15) is 8.42 Å². The van der Waals surface area contributed by atoms with E-state index in [4.69, 9.17) is 4.55 Å². The SMILES string of the molecule is CCCCCCCCCCC=COS(=O)(=O)O.[H-].[Li+]. The van der Waals surface area contributed by atoms with Crippen LogP contribution in [0.2, 0.25) is 0 Å². The molecule has 0 amide bonds. The molecular formula is C12H25LiO4S. The van der Waals surface area contributed by atoms with E-state index in [-0.39, 0.29) is 20.3 Å². The summed E-state index contributed by atoms with van der Waals surface area (Å²) in [6.07, 6.45) is 13.4. The fraction of sp³-hybridized carbons (Fsp3) is 0.833. The quantitative estimate of drug-likeness (QED) is 0.263. The Morgan fingerprint density at radius 1 is 1.06 bits per heavy atom. The fourth-order valence-corrected chi connectivity index (χ4v) is 1.79. The third-order valence-corrected chi connectivity index (χ3v) is 2.85. The molecule has 0 radical (unpaired) electrons. The molecule has 0 aliphatic carbocycles. The molecule has 104 valence electrons. The predicted octanol–water partition coefficient (Wildman–Crippen LogP) is 0.967. The average molecular weight is 272 g/mol. The van der Waals surface area contributed by atoms with Gasteiger partial charge in [0.25, 0.3) is 0 Å². The van der Waals surface area contributed by atoms with Gasteiger partial charge in [-0.25, -0.2) is 0 Å². The van der Waals surface area contributed by atoms with E-state index >= 15 is 0 Å². The first-order valence-corrected chi connectivity index (χ1v) is 7.73. The van der Waals surface area contributed by atoms with E-state index in [1.807, 2.05) is 0 Å². The van der Waals surface area contributed by atoms with Crippen LogP contribution in [0.3, 0.4) is 0 Å². The minimum absolute atomic E-state index is 0. The Morgan fingerprint density at radius 3 is 2.06 bits per heavy atom. The standard InChI is InChI=1S/C12H24O4S.Li.H/c1-2-3-4-5-6-7-8-9-10-11-12-16-17(13,14)15;;/h11-12H,2-10H2,1H3,(H,13,14,15);;/q;+1;-1. The van der Waals surface area contributed by atoms with Crippen LogP contribution in [0.25, 0.3) is 0 Å². The summed E-state index contributed by atoms with van der Waals surface area (Å²) in [5.41, 5.74) is 0. The Labute approximate surface area is 125 Å². The summed E-state index contributed by atoms with van der Waals surface area (Å²) in [7, 11) is -4.32. The van der Waals surface area contributed by atoms with Gasteiger partial charge in [-0.3, -0.25) is 4.55 Å². The second-order valence-electron chi connectivity index (χ2n) is 4.16. The van der Waals surface area contributed by atoms with Crippen molar-refractivity contribution in [2.24, 2.45) is 0 Å². The van der Waals surface area contributed by atoms with Crippen molar-refractivity contribution in [2.45, 2.75) is 64.7 Å². The van der Waals surface area contributed by atoms with Crippen LogP contribution in [0, 0.1) is 0 Å². The van der Waals surface area contributed by atoms with E-state index < -0.39 is 10.4 Å².